The first kappa shape index (κ1) is 19.1. The highest BCUT2D eigenvalue weighted by atomic mass is 16.2. The van der Waals surface area contributed by atoms with Crippen LogP contribution in [0.25, 0.3) is 22.0 Å². The molecule has 4 rings (SSSR count). The lowest BCUT2D eigenvalue weighted by molar-refractivity contribution is -0.126. The van der Waals surface area contributed by atoms with E-state index in [-0.39, 0.29) is 5.91 Å². The summed E-state index contributed by atoms with van der Waals surface area (Å²) in [6, 6.07) is 12.9. The van der Waals surface area contributed by atoms with E-state index < -0.39 is 0 Å². The van der Waals surface area contributed by atoms with E-state index in [9.17, 15) is 4.79 Å². The molecule has 0 bridgehead atoms. The first-order chi connectivity index (χ1) is 14.1. The number of aryl methyl sites for hydroxylation is 2. The van der Waals surface area contributed by atoms with Crippen LogP contribution < -0.4 is 4.90 Å². The maximum atomic E-state index is 11.9. The minimum absolute atomic E-state index is 0.00716. The maximum Gasteiger partial charge on any atom is 0.246 e. The summed E-state index contributed by atoms with van der Waals surface area (Å²) in [5.41, 5.74) is 6.00. The number of anilines is 1. The Bertz CT molecular complexity index is 1070. The molecule has 1 aliphatic heterocycles. The topological polar surface area (TPSA) is 49.3 Å². The molecule has 5 heteroatoms. The first-order valence-corrected chi connectivity index (χ1v) is 10.1. The van der Waals surface area contributed by atoms with Crippen molar-refractivity contribution in [1.29, 1.82) is 0 Å². The summed E-state index contributed by atoms with van der Waals surface area (Å²) in [7, 11) is 0. The molecule has 1 aliphatic rings. The number of fused-ring (bicyclic) bond motifs is 1. The van der Waals surface area contributed by atoms with E-state index >= 15 is 0 Å². The minimum atomic E-state index is -0.00716. The molecule has 0 aliphatic carbocycles. The van der Waals surface area contributed by atoms with Crippen molar-refractivity contribution >= 4 is 22.6 Å². The van der Waals surface area contributed by atoms with Gasteiger partial charge in [-0.15, -0.1) is 0 Å². The number of amides is 1. The second-order valence-corrected chi connectivity index (χ2v) is 7.41. The molecule has 0 radical (unpaired) electrons. The highest BCUT2D eigenvalue weighted by Crippen LogP contribution is 2.33. The van der Waals surface area contributed by atoms with Crippen LogP contribution in [-0.2, 0) is 11.2 Å². The van der Waals surface area contributed by atoms with Crippen molar-refractivity contribution in [2.45, 2.75) is 20.3 Å². The Hall–Kier alpha value is -3.21. The molecule has 0 saturated carbocycles. The van der Waals surface area contributed by atoms with Gasteiger partial charge in [0.25, 0.3) is 0 Å². The molecule has 2 aromatic carbocycles. The standard InChI is InChI=1S/C24H26N4O/c1-4-18-8-6-7-9-19(18)20-15-22-21(14-17(20)3)24(26-16-25-22)28-12-10-27(11-13-28)23(29)5-2/h5-9,14-16H,2,4,10-13H2,1,3H3. The number of hydrogen-bond donors (Lipinski definition) is 0. The molecule has 1 amide bonds. The summed E-state index contributed by atoms with van der Waals surface area (Å²) in [4.78, 5) is 25.1. The maximum absolute atomic E-state index is 11.9. The van der Waals surface area contributed by atoms with Gasteiger partial charge in [-0.05, 0) is 53.8 Å². The van der Waals surface area contributed by atoms with Crippen LogP contribution in [0.15, 0.2) is 55.4 Å². The fourth-order valence-electron chi connectivity index (χ4n) is 4.10. The SMILES string of the molecule is C=CC(=O)N1CCN(c2ncnc3cc(-c4ccccc4CC)c(C)cc23)CC1. The van der Waals surface area contributed by atoms with E-state index in [4.69, 9.17) is 0 Å². The predicted octanol–water partition coefficient (Wildman–Crippen LogP) is 4.00. The molecule has 0 spiro atoms. The Balaban J connectivity index is 1.71. The van der Waals surface area contributed by atoms with Crippen molar-refractivity contribution in [2.75, 3.05) is 31.1 Å². The van der Waals surface area contributed by atoms with Crippen LogP contribution in [0.5, 0.6) is 0 Å². The molecule has 2 heterocycles. The average Bonchev–Trinajstić information content (AvgIpc) is 2.78. The summed E-state index contributed by atoms with van der Waals surface area (Å²) < 4.78 is 0. The number of aromatic nitrogens is 2. The van der Waals surface area contributed by atoms with Crippen molar-refractivity contribution in [3.8, 4) is 11.1 Å². The average molecular weight is 386 g/mol. The molecule has 1 aromatic heterocycles. The largest absolute Gasteiger partial charge is 0.352 e. The zero-order valence-electron chi connectivity index (χ0n) is 17.1. The molecule has 0 N–H and O–H groups in total. The third kappa shape index (κ3) is 3.60. The second kappa shape index (κ2) is 8.03. The van der Waals surface area contributed by atoms with E-state index in [1.54, 1.807) is 6.33 Å². The molecule has 1 saturated heterocycles. The predicted molar refractivity (Wildman–Crippen MR) is 118 cm³/mol. The number of rotatable bonds is 4. The van der Waals surface area contributed by atoms with Gasteiger partial charge >= 0.3 is 0 Å². The van der Waals surface area contributed by atoms with Gasteiger partial charge in [-0.25, -0.2) is 9.97 Å². The van der Waals surface area contributed by atoms with Gasteiger partial charge in [-0.2, -0.15) is 0 Å². The number of carbonyl (C=O) groups is 1. The summed E-state index contributed by atoms with van der Waals surface area (Å²) >= 11 is 0. The third-order valence-corrected chi connectivity index (χ3v) is 5.71. The van der Waals surface area contributed by atoms with Gasteiger partial charge in [0.2, 0.25) is 5.91 Å². The monoisotopic (exact) mass is 386 g/mol. The Morgan fingerprint density at radius 1 is 1.10 bits per heavy atom. The Kier molecular flexibility index (Phi) is 5.30. The van der Waals surface area contributed by atoms with Gasteiger partial charge in [0.1, 0.15) is 12.1 Å². The van der Waals surface area contributed by atoms with Gasteiger partial charge in [-0.3, -0.25) is 4.79 Å². The summed E-state index contributed by atoms with van der Waals surface area (Å²) in [6.07, 6.45) is 4.02. The molecular formula is C24H26N4O. The number of piperazine rings is 1. The van der Waals surface area contributed by atoms with Crippen LogP contribution in [-0.4, -0.2) is 47.0 Å². The van der Waals surface area contributed by atoms with Crippen molar-refractivity contribution in [3.05, 3.63) is 66.5 Å². The Morgan fingerprint density at radius 2 is 1.86 bits per heavy atom. The molecule has 5 nitrogen and oxygen atoms in total. The molecule has 29 heavy (non-hydrogen) atoms. The normalized spacial score (nSPS) is 14.3. The van der Waals surface area contributed by atoms with Crippen LogP contribution >= 0.6 is 0 Å². The van der Waals surface area contributed by atoms with Gasteiger partial charge in [0.15, 0.2) is 0 Å². The highest BCUT2D eigenvalue weighted by molar-refractivity contribution is 5.94. The summed E-state index contributed by atoms with van der Waals surface area (Å²) in [5, 5.41) is 1.06. The van der Waals surface area contributed by atoms with Crippen molar-refractivity contribution in [1.82, 2.24) is 14.9 Å². The number of carbonyl (C=O) groups excluding carboxylic acids is 1. The fraction of sp³-hybridized carbons (Fsp3) is 0.292. The minimum Gasteiger partial charge on any atom is -0.352 e. The van der Waals surface area contributed by atoms with Gasteiger partial charge in [0, 0.05) is 31.6 Å². The van der Waals surface area contributed by atoms with E-state index in [1.807, 2.05) is 4.90 Å². The van der Waals surface area contributed by atoms with Crippen LogP contribution in [0.2, 0.25) is 0 Å². The zero-order chi connectivity index (χ0) is 20.4. The molecule has 148 valence electrons. The fourth-order valence-corrected chi connectivity index (χ4v) is 4.10. The molecule has 0 atom stereocenters. The lowest BCUT2D eigenvalue weighted by Crippen LogP contribution is -2.48. The van der Waals surface area contributed by atoms with Crippen molar-refractivity contribution < 1.29 is 4.79 Å². The molecule has 1 fully saturated rings. The lowest BCUT2D eigenvalue weighted by Gasteiger charge is -2.35. The Morgan fingerprint density at radius 3 is 2.59 bits per heavy atom. The quantitative estimate of drug-likeness (QED) is 0.636. The molecule has 0 unspecified atom stereocenters. The van der Waals surface area contributed by atoms with Crippen LogP contribution in [0.3, 0.4) is 0 Å². The van der Waals surface area contributed by atoms with Crippen LogP contribution in [0.4, 0.5) is 5.82 Å². The van der Waals surface area contributed by atoms with Gasteiger partial charge in [-0.1, -0.05) is 37.8 Å². The molecular weight excluding hydrogens is 360 g/mol. The van der Waals surface area contributed by atoms with Crippen LogP contribution in [0.1, 0.15) is 18.1 Å². The van der Waals surface area contributed by atoms with E-state index in [0.29, 0.717) is 13.1 Å². The van der Waals surface area contributed by atoms with Crippen LogP contribution in [0, 0.1) is 6.92 Å². The first-order valence-electron chi connectivity index (χ1n) is 10.1. The smallest absolute Gasteiger partial charge is 0.246 e. The van der Waals surface area contributed by atoms with E-state index in [1.165, 1.54) is 28.3 Å². The van der Waals surface area contributed by atoms with Crippen molar-refractivity contribution in [2.24, 2.45) is 0 Å². The van der Waals surface area contributed by atoms with E-state index in [2.05, 4.69) is 71.7 Å². The number of benzene rings is 2. The van der Waals surface area contributed by atoms with Gasteiger partial charge < -0.3 is 9.80 Å². The highest BCUT2D eigenvalue weighted by Gasteiger charge is 2.22. The lowest BCUT2D eigenvalue weighted by atomic mass is 9.93. The molecule has 3 aromatic rings. The third-order valence-electron chi connectivity index (χ3n) is 5.71. The van der Waals surface area contributed by atoms with Crippen molar-refractivity contribution in [3.63, 3.8) is 0 Å². The summed E-state index contributed by atoms with van der Waals surface area (Å²) in [6.45, 7) is 10.8. The number of hydrogen-bond acceptors (Lipinski definition) is 4. The Labute approximate surface area is 171 Å². The summed E-state index contributed by atoms with van der Waals surface area (Å²) in [5.74, 6) is 0.936. The number of nitrogens with zero attached hydrogens (tertiary/aromatic N) is 4. The van der Waals surface area contributed by atoms with E-state index in [0.717, 1.165) is 36.2 Å². The van der Waals surface area contributed by atoms with Gasteiger partial charge in [0.05, 0.1) is 5.52 Å². The second-order valence-electron chi connectivity index (χ2n) is 7.41. The zero-order valence-corrected chi connectivity index (χ0v) is 17.1.